The van der Waals surface area contributed by atoms with E-state index in [0.29, 0.717) is 6.54 Å². The van der Waals surface area contributed by atoms with Crippen molar-refractivity contribution >= 4 is 11.6 Å². The van der Waals surface area contributed by atoms with Crippen LogP contribution in [0.3, 0.4) is 0 Å². The van der Waals surface area contributed by atoms with Crippen molar-refractivity contribution < 1.29 is 14.1 Å². The fourth-order valence-electron chi connectivity index (χ4n) is 2.48. The molecule has 2 rings (SSSR count). The van der Waals surface area contributed by atoms with E-state index >= 15 is 0 Å². The summed E-state index contributed by atoms with van der Waals surface area (Å²) in [6.45, 7) is 2.66. The molecule has 1 fully saturated rings. The summed E-state index contributed by atoms with van der Waals surface area (Å²) < 4.78 is 13.2. The Balaban J connectivity index is 2.29. The quantitative estimate of drug-likeness (QED) is 0.624. The highest BCUT2D eigenvalue weighted by atomic mass is 19.1. The van der Waals surface area contributed by atoms with Gasteiger partial charge in [0.15, 0.2) is 0 Å². The Morgan fingerprint density at radius 2 is 2.32 bits per heavy atom. The van der Waals surface area contributed by atoms with Crippen molar-refractivity contribution in [1.82, 2.24) is 4.90 Å². The Morgan fingerprint density at radius 3 is 2.95 bits per heavy atom. The van der Waals surface area contributed by atoms with Gasteiger partial charge in [-0.05, 0) is 31.4 Å². The fourth-order valence-corrected chi connectivity index (χ4v) is 2.48. The zero-order valence-corrected chi connectivity index (χ0v) is 10.6. The molecule has 1 unspecified atom stereocenters. The molecule has 1 aliphatic rings. The molecule has 1 heterocycles. The minimum absolute atomic E-state index is 0.174. The van der Waals surface area contributed by atoms with Crippen LogP contribution in [0.2, 0.25) is 0 Å². The molecule has 0 radical (unpaired) electrons. The van der Waals surface area contributed by atoms with Crippen molar-refractivity contribution in [2.45, 2.75) is 32.2 Å². The minimum atomic E-state index is -0.921. The van der Waals surface area contributed by atoms with Crippen LogP contribution in [-0.2, 0) is 0 Å². The molecule has 1 aromatic carbocycles. The van der Waals surface area contributed by atoms with Gasteiger partial charge in [-0.15, -0.1) is 0 Å². The zero-order chi connectivity index (χ0) is 14.0. The van der Waals surface area contributed by atoms with Crippen molar-refractivity contribution in [3.63, 3.8) is 0 Å². The van der Waals surface area contributed by atoms with E-state index in [1.807, 2.05) is 6.92 Å². The summed E-state index contributed by atoms with van der Waals surface area (Å²) in [6, 6.07) is 3.47. The van der Waals surface area contributed by atoms with Gasteiger partial charge in [0.25, 0.3) is 5.91 Å². The third kappa shape index (κ3) is 2.57. The highest BCUT2D eigenvalue weighted by Gasteiger charge is 2.29. The normalized spacial score (nSPS) is 18.6. The van der Waals surface area contributed by atoms with Crippen molar-refractivity contribution in [1.29, 1.82) is 0 Å². The molecule has 0 saturated carbocycles. The number of hydrogen-bond acceptors (Lipinski definition) is 3. The second kappa shape index (κ2) is 5.34. The molecule has 19 heavy (non-hydrogen) atoms. The number of nitro benzene ring substituents is 1. The Morgan fingerprint density at radius 1 is 1.58 bits per heavy atom. The van der Waals surface area contributed by atoms with Crippen LogP contribution in [0.5, 0.6) is 0 Å². The largest absolute Gasteiger partial charge is 0.336 e. The molecular weight excluding hydrogens is 251 g/mol. The third-order valence-electron chi connectivity index (χ3n) is 3.50. The lowest BCUT2D eigenvalue weighted by molar-refractivity contribution is -0.387. The molecular formula is C13H15FN2O3. The maximum Gasteiger partial charge on any atom is 0.305 e. The first-order chi connectivity index (χ1) is 9.04. The average Bonchev–Trinajstić information content (AvgIpc) is 2.86. The first-order valence-corrected chi connectivity index (χ1v) is 6.29. The molecule has 0 aliphatic carbocycles. The first kappa shape index (κ1) is 13.5. The molecule has 5 nitrogen and oxygen atoms in total. The molecule has 1 amide bonds. The van der Waals surface area contributed by atoms with Gasteiger partial charge in [-0.2, -0.15) is 4.39 Å². The molecule has 1 aliphatic heterocycles. The molecule has 1 saturated heterocycles. The number of likely N-dealkylation sites (tertiary alicyclic amines) is 1. The van der Waals surface area contributed by atoms with Gasteiger partial charge in [0.05, 0.1) is 4.92 Å². The summed E-state index contributed by atoms with van der Waals surface area (Å²) >= 11 is 0. The predicted molar refractivity (Wildman–Crippen MR) is 67.4 cm³/mol. The summed E-state index contributed by atoms with van der Waals surface area (Å²) in [4.78, 5) is 23.9. The van der Waals surface area contributed by atoms with E-state index < -0.39 is 16.4 Å². The molecule has 1 aromatic rings. The van der Waals surface area contributed by atoms with E-state index in [2.05, 4.69) is 0 Å². The summed E-state index contributed by atoms with van der Waals surface area (Å²) in [5.74, 6) is -1.18. The van der Waals surface area contributed by atoms with Crippen molar-refractivity contribution in [3.05, 3.63) is 39.7 Å². The van der Waals surface area contributed by atoms with Gasteiger partial charge in [-0.1, -0.05) is 6.92 Å². The minimum Gasteiger partial charge on any atom is -0.336 e. The number of amides is 1. The predicted octanol–water partition coefficient (Wildman–Crippen LogP) is 2.75. The highest BCUT2D eigenvalue weighted by molar-refractivity contribution is 5.95. The Kier molecular flexibility index (Phi) is 3.78. The SMILES string of the molecule is CCC1CCCN1C(=O)c1ccc(F)c([N+](=O)[O-])c1. The smallest absolute Gasteiger partial charge is 0.305 e. The number of carbonyl (C=O) groups excluding carboxylic acids is 1. The number of nitrogens with zero attached hydrogens (tertiary/aromatic N) is 2. The molecule has 0 aromatic heterocycles. The van der Waals surface area contributed by atoms with Gasteiger partial charge in [-0.3, -0.25) is 14.9 Å². The molecule has 0 spiro atoms. The molecule has 0 bridgehead atoms. The molecule has 102 valence electrons. The Hall–Kier alpha value is -1.98. The summed E-state index contributed by atoms with van der Waals surface area (Å²) in [5, 5.41) is 10.7. The maximum absolute atomic E-state index is 13.2. The van der Waals surface area contributed by atoms with Crippen LogP contribution in [0.1, 0.15) is 36.5 Å². The van der Waals surface area contributed by atoms with Crippen LogP contribution in [0.4, 0.5) is 10.1 Å². The molecule has 0 N–H and O–H groups in total. The van der Waals surface area contributed by atoms with Crippen LogP contribution >= 0.6 is 0 Å². The highest BCUT2D eigenvalue weighted by Crippen LogP contribution is 2.24. The van der Waals surface area contributed by atoms with E-state index in [0.717, 1.165) is 31.4 Å². The van der Waals surface area contributed by atoms with Crippen LogP contribution in [0, 0.1) is 15.9 Å². The Bertz CT molecular complexity index is 519. The van der Waals surface area contributed by atoms with Crippen LogP contribution in [0.25, 0.3) is 0 Å². The van der Waals surface area contributed by atoms with E-state index in [1.54, 1.807) is 4.90 Å². The summed E-state index contributed by atoms with van der Waals surface area (Å²) in [6.07, 6.45) is 2.74. The first-order valence-electron chi connectivity index (χ1n) is 6.29. The number of carbonyl (C=O) groups is 1. The second-order valence-corrected chi connectivity index (χ2v) is 4.63. The van der Waals surface area contributed by atoms with E-state index in [-0.39, 0.29) is 17.5 Å². The van der Waals surface area contributed by atoms with Crippen molar-refractivity contribution in [2.75, 3.05) is 6.54 Å². The van der Waals surface area contributed by atoms with Crippen LogP contribution < -0.4 is 0 Å². The van der Waals surface area contributed by atoms with Crippen LogP contribution in [0.15, 0.2) is 18.2 Å². The maximum atomic E-state index is 13.2. The zero-order valence-electron chi connectivity index (χ0n) is 10.6. The van der Waals surface area contributed by atoms with Crippen molar-refractivity contribution in [3.8, 4) is 0 Å². The number of halogens is 1. The van der Waals surface area contributed by atoms with Crippen LogP contribution in [-0.4, -0.2) is 28.3 Å². The molecule has 1 atom stereocenters. The van der Waals surface area contributed by atoms with Gasteiger partial charge in [0, 0.05) is 24.2 Å². The monoisotopic (exact) mass is 266 g/mol. The number of benzene rings is 1. The van der Waals surface area contributed by atoms with E-state index in [9.17, 15) is 19.3 Å². The lowest BCUT2D eigenvalue weighted by Crippen LogP contribution is -2.35. The second-order valence-electron chi connectivity index (χ2n) is 4.63. The third-order valence-corrected chi connectivity index (χ3v) is 3.50. The van der Waals surface area contributed by atoms with E-state index in [4.69, 9.17) is 0 Å². The van der Waals surface area contributed by atoms with Gasteiger partial charge in [0.2, 0.25) is 5.82 Å². The van der Waals surface area contributed by atoms with Gasteiger partial charge in [-0.25, -0.2) is 0 Å². The topological polar surface area (TPSA) is 63.5 Å². The number of nitro groups is 1. The van der Waals surface area contributed by atoms with Gasteiger partial charge >= 0.3 is 5.69 Å². The standard InChI is InChI=1S/C13H15FN2O3/c1-2-10-4-3-7-15(10)13(17)9-5-6-11(14)12(8-9)16(18)19/h5-6,8,10H,2-4,7H2,1H3. The van der Waals surface area contributed by atoms with Crippen molar-refractivity contribution in [2.24, 2.45) is 0 Å². The fraction of sp³-hybridized carbons (Fsp3) is 0.462. The van der Waals surface area contributed by atoms with Gasteiger partial charge in [0.1, 0.15) is 0 Å². The summed E-state index contributed by atoms with van der Waals surface area (Å²) in [5.41, 5.74) is -0.480. The van der Waals surface area contributed by atoms with E-state index in [1.165, 1.54) is 6.07 Å². The molecule has 6 heteroatoms. The summed E-state index contributed by atoms with van der Waals surface area (Å²) in [7, 11) is 0. The number of hydrogen-bond donors (Lipinski definition) is 0. The lowest BCUT2D eigenvalue weighted by atomic mass is 10.1. The number of rotatable bonds is 3. The lowest BCUT2D eigenvalue weighted by Gasteiger charge is -2.23. The Labute approximate surface area is 110 Å². The average molecular weight is 266 g/mol. The van der Waals surface area contributed by atoms with Gasteiger partial charge < -0.3 is 4.90 Å².